The average Bonchev–Trinajstić information content (AvgIpc) is 2.78. The molecule has 0 spiro atoms. The number of hydrogen-bond donors (Lipinski definition) is 4. The predicted octanol–water partition coefficient (Wildman–Crippen LogP) is 1.80. The first-order valence-corrected chi connectivity index (χ1v) is 12.0. The number of aromatic nitrogens is 3. The van der Waals surface area contributed by atoms with E-state index in [-0.39, 0.29) is 29.1 Å². The third kappa shape index (κ3) is 6.52. The van der Waals surface area contributed by atoms with E-state index in [1.807, 2.05) is 0 Å². The Morgan fingerprint density at radius 2 is 1.82 bits per heavy atom. The number of nitrogens with zero attached hydrogens (tertiary/aromatic N) is 3. The van der Waals surface area contributed by atoms with Gasteiger partial charge >= 0.3 is 6.18 Å². The molecule has 2 aromatic heterocycles. The van der Waals surface area contributed by atoms with Crippen LogP contribution in [0, 0.1) is 5.92 Å². The van der Waals surface area contributed by atoms with Crippen molar-refractivity contribution in [1.82, 2.24) is 19.7 Å². The standard InChI is InChI=1S/C20H27F3N6O4S/c1-19(30,20(21,22)23)14-9-26-18(27-10-14)29-15(8-13-4-6-33-7-5-13)11-28-34(31,32)16-2-3-17(24)25-12-16/h2-3,9-10,12-13,15,28,30H,4-8,11H2,1H3,(H2,24,25)(H,26,27,29)/t15-,19?/m0/s1. The third-order valence-electron chi connectivity index (χ3n) is 5.65. The van der Waals surface area contributed by atoms with Gasteiger partial charge in [-0.25, -0.2) is 28.1 Å². The summed E-state index contributed by atoms with van der Waals surface area (Å²) in [7, 11) is -3.88. The fraction of sp³-hybridized carbons (Fsp3) is 0.550. The van der Waals surface area contributed by atoms with Crippen LogP contribution in [0.4, 0.5) is 24.9 Å². The first kappa shape index (κ1) is 26.1. The number of alkyl halides is 3. The maximum absolute atomic E-state index is 13.1. The van der Waals surface area contributed by atoms with Gasteiger partial charge < -0.3 is 20.9 Å². The lowest BCUT2D eigenvalue weighted by Crippen LogP contribution is -2.40. The molecule has 0 aliphatic carbocycles. The quantitative estimate of drug-likeness (QED) is 0.400. The highest BCUT2D eigenvalue weighted by Gasteiger charge is 2.51. The van der Waals surface area contributed by atoms with Gasteiger partial charge in [0.15, 0.2) is 5.60 Å². The molecule has 0 radical (unpaired) electrons. The molecule has 0 amide bonds. The molecule has 14 heteroatoms. The van der Waals surface area contributed by atoms with E-state index in [0.717, 1.165) is 31.4 Å². The Labute approximate surface area is 195 Å². The molecule has 0 aromatic carbocycles. The molecule has 2 aromatic rings. The van der Waals surface area contributed by atoms with Crippen LogP contribution in [-0.4, -0.2) is 60.5 Å². The average molecular weight is 505 g/mol. The van der Waals surface area contributed by atoms with Crippen molar-refractivity contribution in [2.75, 3.05) is 30.8 Å². The minimum absolute atomic E-state index is 0.00660. The summed E-state index contributed by atoms with van der Waals surface area (Å²) in [6, 6.07) is 2.24. The normalized spacial score (nSPS) is 18.3. The number of ether oxygens (including phenoxy) is 1. The second-order valence-corrected chi connectivity index (χ2v) is 10.0. The van der Waals surface area contributed by atoms with E-state index < -0.39 is 33.4 Å². The minimum atomic E-state index is -4.90. The molecular formula is C20H27F3N6O4S. The van der Waals surface area contributed by atoms with Gasteiger partial charge in [0.25, 0.3) is 0 Å². The van der Waals surface area contributed by atoms with Crippen molar-refractivity contribution < 1.29 is 31.4 Å². The number of hydrogen-bond acceptors (Lipinski definition) is 9. The number of pyridine rings is 1. The number of nitrogens with one attached hydrogen (secondary N) is 2. The number of rotatable bonds is 9. The predicted molar refractivity (Wildman–Crippen MR) is 117 cm³/mol. The maximum atomic E-state index is 13.1. The number of aliphatic hydroxyl groups is 1. The summed E-state index contributed by atoms with van der Waals surface area (Å²) in [5.74, 6) is 0.439. The summed E-state index contributed by atoms with van der Waals surface area (Å²) in [4.78, 5) is 11.5. The Morgan fingerprint density at radius 3 is 2.38 bits per heavy atom. The van der Waals surface area contributed by atoms with Gasteiger partial charge in [-0.3, -0.25) is 0 Å². The molecule has 1 saturated heterocycles. The van der Waals surface area contributed by atoms with Crippen molar-refractivity contribution in [2.45, 2.75) is 48.9 Å². The molecule has 1 unspecified atom stereocenters. The van der Waals surface area contributed by atoms with Crippen LogP contribution in [0.25, 0.3) is 0 Å². The molecular weight excluding hydrogens is 477 g/mol. The third-order valence-corrected chi connectivity index (χ3v) is 7.06. The highest BCUT2D eigenvalue weighted by Crippen LogP contribution is 2.37. The number of nitrogens with two attached hydrogens (primary N) is 1. The zero-order valence-electron chi connectivity index (χ0n) is 18.4. The highest BCUT2D eigenvalue weighted by atomic mass is 32.2. The summed E-state index contributed by atoms with van der Waals surface area (Å²) >= 11 is 0. The molecule has 0 saturated carbocycles. The molecule has 1 aliphatic rings. The van der Waals surface area contributed by atoms with Crippen LogP contribution in [0.5, 0.6) is 0 Å². The molecule has 1 fully saturated rings. The molecule has 188 valence electrons. The first-order chi connectivity index (χ1) is 15.9. The van der Waals surface area contributed by atoms with Crippen LogP contribution in [-0.2, 0) is 20.4 Å². The van der Waals surface area contributed by atoms with Gasteiger partial charge in [-0.1, -0.05) is 0 Å². The maximum Gasteiger partial charge on any atom is 0.421 e. The second kappa shape index (κ2) is 10.4. The topological polar surface area (TPSA) is 152 Å². The molecule has 2 atom stereocenters. The van der Waals surface area contributed by atoms with Gasteiger partial charge in [-0.15, -0.1) is 0 Å². The Hall–Kier alpha value is -2.55. The van der Waals surface area contributed by atoms with Crippen molar-refractivity contribution in [1.29, 1.82) is 0 Å². The Bertz CT molecular complexity index is 1040. The summed E-state index contributed by atoms with van der Waals surface area (Å²) in [5.41, 5.74) is 1.89. The first-order valence-electron chi connectivity index (χ1n) is 10.6. The zero-order valence-corrected chi connectivity index (χ0v) is 19.2. The van der Waals surface area contributed by atoms with Gasteiger partial charge in [0.05, 0.1) is 0 Å². The molecule has 1 aliphatic heterocycles. The zero-order chi connectivity index (χ0) is 25.0. The lowest BCUT2D eigenvalue weighted by atomic mass is 9.92. The Morgan fingerprint density at radius 1 is 1.18 bits per heavy atom. The Balaban J connectivity index is 1.73. The van der Waals surface area contributed by atoms with Crippen LogP contribution in [0.1, 0.15) is 31.7 Å². The Kier molecular flexibility index (Phi) is 7.95. The molecule has 0 bridgehead atoms. The van der Waals surface area contributed by atoms with Gasteiger partial charge in [-0.2, -0.15) is 13.2 Å². The van der Waals surface area contributed by atoms with Gasteiger partial charge in [0.2, 0.25) is 16.0 Å². The number of halogens is 3. The number of nitrogen functional groups attached to an aromatic ring is 1. The van der Waals surface area contributed by atoms with Crippen LogP contribution < -0.4 is 15.8 Å². The second-order valence-electron chi connectivity index (χ2n) is 8.27. The molecule has 3 rings (SSSR count). The van der Waals surface area contributed by atoms with Crippen molar-refractivity contribution >= 4 is 21.8 Å². The summed E-state index contributed by atoms with van der Waals surface area (Å²) < 4.78 is 72.3. The fourth-order valence-electron chi connectivity index (χ4n) is 3.42. The van der Waals surface area contributed by atoms with E-state index in [4.69, 9.17) is 10.5 Å². The largest absolute Gasteiger partial charge is 0.421 e. The van der Waals surface area contributed by atoms with E-state index in [2.05, 4.69) is 25.0 Å². The van der Waals surface area contributed by atoms with E-state index in [1.54, 1.807) is 0 Å². The van der Waals surface area contributed by atoms with Crippen LogP contribution >= 0.6 is 0 Å². The smallest absolute Gasteiger partial charge is 0.384 e. The van der Waals surface area contributed by atoms with Crippen LogP contribution in [0.15, 0.2) is 35.6 Å². The van der Waals surface area contributed by atoms with Crippen molar-refractivity contribution in [3.8, 4) is 0 Å². The fourth-order valence-corrected chi connectivity index (χ4v) is 4.45. The molecule has 10 nitrogen and oxygen atoms in total. The summed E-state index contributed by atoms with van der Waals surface area (Å²) in [6.07, 6.45) is 0.162. The lowest BCUT2D eigenvalue weighted by Gasteiger charge is -2.28. The lowest BCUT2D eigenvalue weighted by molar-refractivity contribution is -0.259. The van der Waals surface area contributed by atoms with Crippen molar-refractivity contribution in [3.05, 3.63) is 36.3 Å². The highest BCUT2D eigenvalue weighted by molar-refractivity contribution is 7.89. The molecule has 5 N–H and O–H groups in total. The number of anilines is 2. The molecule has 3 heterocycles. The van der Waals surface area contributed by atoms with Crippen molar-refractivity contribution in [2.24, 2.45) is 5.92 Å². The summed E-state index contributed by atoms with van der Waals surface area (Å²) in [6.45, 7) is 1.78. The summed E-state index contributed by atoms with van der Waals surface area (Å²) in [5, 5.41) is 12.8. The minimum Gasteiger partial charge on any atom is -0.384 e. The van der Waals surface area contributed by atoms with Crippen LogP contribution in [0.3, 0.4) is 0 Å². The monoisotopic (exact) mass is 504 g/mol. The van der Waals surface area contributed by atoms with Gasteiger partial charge in [-0.05, 0) is 44.2 Å². The SMILES string of the molecule is CC(O)(c1cnc(N[C@H](CNS(=O)(=O)c2ccc(N)nc2)CC2CCOCC2)nc1)C(F)(F)F. The molecule has 34 heavy (non-hydrogen) atoms. The van der Waals surface area contributed by atoms with E-state index in [9.17, 15) is 26.7 Å². The number of sulfonamides is 1. The van der Waals surface area contributed by atoms with E-state index >= 15 is 0 Å². The van der Waals surface area contributed by atoms with Crippen molar-refractivity contribution in [3.63, 3.8) is 0 Å². The van der Waals surface area contributed by atoms with E-state index in [0.29, 0.717) is 26.6 Å². The van der Waals surface area contributed by atoms with Gasteiger partial charge in [0.1, 0.15) is 10.7 Å². The van der Waals surface area contributed by atoms with Gasteiger partial charge in [0, 0.05) is 50.0 Å². The van der Waals surface area contributed by atoms with E-state index in [1.165, 1.54) is 12.1 Å². The van der Waals surface area contributed by atoms with Crippen LogP contribution in [0.2, 0.25) is 0 Å².